The molecule has 0 unspecified atom stereocenters. The first-order valence-electron chi connectivity index (χ1n) is 6.32. The molecule has 1 aromatic rings. The third kappa shape index (κ3) is 6.55. The summed E-state index contributed by atoms with van der Waals surface area (Å²) in [6.45, 7) is 3.90. The van der Waals surface area contributed by atoms with Crippen molar-refractivity contribution >= 4 is 5.91 Å². The normalized spacial score (nSPS) is 11.9. The molecule has 1 heterocycles. The molecule has 20 heavy (non-hydrogen) atoms. The van der Waals surface area contributed by atoms with Crippen molar-refractivity contribution in [3.8, 4) is 0 Å². The van der Waals surface area contributed by atoms with Crippen LogP contribution in [0.1, 0.15) is 19.7 Å². The smallest absolute Gasteiger partial charge is 0.345 e. The third-order valence-corrected chi connectivity index (χ3v) is 2.44. The fraction of sp³-hybridized carbons (Fsp3) is 0.667. The molecule has 1 aromatic heterocycles. The molecule has 1 rings (SSSR count). The van der Waals surface area contributed by atoms with Crippen molar-refractivity contribution < 1.29 is 18.0 Å². The zero-order chi connectivity index (χ0) is 15.2. The Balaban J connectivity index is 2.44. The highest BCUT2D eigenvalue weighted by Gasteiger charge is 2.27. The molecule has 0 aliphatic rings. The molecule has 0 radical (unpaired) electrons. The van der Waals surface area contributed by atoms with Crippen molar-refractivity contribution in [3.05, 3.63) is 18.2 Å². The molecule has 1 amide bonds. The van der Waals surface area contributed by atoms with Crippen LogP contribution >= 0.6 is 0 Å². The number of rotatable bonds is 7. The molecule has 2 N–H and O–H groups in total. The Bertz CT molecular complexity index is 429. The van der Waals surface area contributed by atoms with Gasteiger partial charge in [0.2, 0.25) is 5.91 Å². The van der Waals surface area contributed by atoms with Crippen LogP contribution in [-0.2, 0) is 17.9 Å². The second-order valence-electron chi connectivity index (χ2n) is 4.89. The summed E-state index contributed by atoms with van der Waals surface area (Å²) < 4.78 is 37.4. The first kappa shape index (κ1) is 16.5. The number of hydrogen-bond acceptors (Lipinski definition) is 3. The quantitative estimate of drug-likeness (QED) is 0.796. The first-order chi connectivity index (χ1) is 9.28. The van der Waals surface area contributed by atoms with Gasteiger partial charge >= 0.3 is 6.18 Å². The zero-order valence-electron chi connectivity index (χ0n) is 11.5. The van der Waals surface area contributed by atoms with Crippen molar-refractivity contribution in [3.63, 3.8) is 0 Å². The van der Waals surface area contributed by atoms with Crippen LogP contribution in [0.15, 0.2) is 12.4 Å². The van der Waals surface area contributed by atoms with Gasteiger partial charge in [0.15, 0.2) is 0 Å². The highest BCUT2D eigenvalue weighted by atomic mass is 19.4. The minimum atomic E-state index is -4.40. The molecular formula is C12H19F3N4O. The predicted molar refractivity (Wildman–Crippen MR) is 67.8 cm³/mol. The Morgan fingerprint density at radius 1 is 1.45 bits per heavy atom. The summed E-state index contributed by atoms with van der Waals surface area (Å²) in [5.41, 5.74) is 0. The monoisotopic (exact) mass is 292 g/mol. The second-order valence-corrected chi connectivity index (χ2v) is 4.89. The standard InChI is InChI=1S/C12H19F3N4O/c1-9(2)5-16-6-10-17-3-4-19(10)7-11(20)18-8-12(13,14)15/h3-4,9,16H,5-8H2,1-2H3,(H,18,20). The van der Waals surface area contributed by atoms with Crippen molar-refractivity contribution in [1.82, 2.24) is 20.2 Å². The van der Waals surface area contributed by atoms with E-state index in [0.717, 1.165) is 6.54 Å². The lowest BCUT2D eigenvalue weighted by Crippen LogP contribution is -2.36. The maximum Gasteiger partial charge on any atom is 0.405 e. The number of aromatic nitrogens is 2. The number of imidazole rings is 1. The van der Waals surface area contributed by atoms with Gasteiger partial charge in [0.1, 0.15) is 18.9 Å². The number of nitrogens with one attached hydrogen (secondary N) is 2. The molecular weight excluding hydrogens is 273 g/mol. The number of hydrogen-bond donors (Lipinski definition) is 2. The second kappa shape index (κ2) is 7.28. The van der Waals surface area contributed by atoms with Crippen LogP contribution in [0.5, 0.6) is 0 Å². The predicted octanol–water partition coefficient (Wildman–Crippen LogP) is 1.31. The molecule has 0 aromatic carbocycles. The lowest BCUT2D eigenvalue weighted by molar-refractivity contribution is -0.138. The third-order valence-electron chi connectivity index (χ3n) is 2.44. The van der Waals surface area contributed by atoms with Crippen LogP contribution in [-0.4, -0.2) is 34.7 Å². The van der Waals surface area contributed by atoms with E-state index < -0.39 is 18.6 Å². The van der Waals surface area contributed by atoms with Gasteiger partial charge in [-0.05, 0) is 12.5 Å². The number of amides is 1. The average Bonchev–Trinajstić information content (AvgIpc) is 2.73. The number of halogens is 3. The van der Waals surface area contributed by atoms with E-state index in [1.54, 1.807) is 6.20 Å². The minimum absolute atomic E-state index is 0.172. The van der Waals surface area contributed by atoms with Gasteiger partial charge in [0.05, 0.1) is 6.54 Å². The van der Waals surface area contributed by atoms with Crippen molar-refractivity contribution in [2.45, 2.75) is 33.1 Å². The first-order valence-corrected chi connectivity index (χ1v) is 6.32. The van der Waals surface area contributed by atoms with Crippen LogP contribution in [0.25, 0.3) is 0 Å². The molecule has 0 atom stereocenters. The minimum Gasteiger partial charge on any atom is -0.345 e. The van der Waals surface area contributed by atoms with E-state index in [4.69, 9.17) is 0 Å². The topological polar surface area (TPSA) is 59.0 Å². The fourth-order valence-electron chi connectivity index (χ4n) is 1.53. The Morgan fingerprint density at radius 2 is 2.15 bits per heavy atom. The zero-order valence-corrected chi connectivity index (χ0v) is 11.5. The van der Waals surface area contributed by atoms with Crippen molar-refractivity contribution in [2.24, 2.45) is 5.92 Å². The van der Waals surface area contributed by atoms with E-state index in [0.29, 0.717) is 18.3 Å². The van der Waals surface area contributed by atoms with E-state index in [1.165, 1.54) is 10.8 Å². The Hall–Kier alpha value is -1.57. The van der Waals surface area contributed by atoms with Crippen LogP contribution < -0.4 is 10.6 Å². The van der Waals surface area contributed by atoms with Gasteiger partial charge in [-0.2, -0.15) is 13.2 Å². The summed E-state index contributed by atoms with van der Waals surface area (Å²) in [5, 5.41) is 4.99. The number of carbonyl (C=O) groups is 1. The lowest BCUT2D eigenvalue weighted by Gasteiger charge is -2.11. The Labute approximate surface area is 115 Å². The summed E-state index contributed by atoms with van der Waals surface area (Å²) in [6, 6.07) is 0. The highest BCUT2D eigenvalue weighted by Crippen LogP contribution is 2.12. The fourth-order valence-corrected chi connectivity index (χ4v) is 1.53. The van der Waals surface area contributed by atoms with E-state index in [9.17, 15) is 18.0 Å². The van der Waals surface area contributed by atoms with E-state index in [-0.39, 0.29) is 6.54 Å². The number of carbonyl (C=O) groups excluding carboxylic acids is 1. The molecule has 0 saturated heterocycles. The van der Waals surface area contributed by atoms with Gasteiger partial charge < -0.3 is 15.2 Å². The molecule has 0 aliphatic carbocycles. The molecule has 8 heteroatoms. The Morgan fingerprint density at radius 3 is 2.75 bits per heavy atom. The molecule has 5 nitrogen and oxygen atoms in total. The van der Waals surface area contributed by atoms with Gasteiger partial charge in [0.25, 0.3) is 0 Å². The maximum atomic E-state index is 12.0. The molecule has 0 saturated carbocycles. The van der Waals surface area contributed by atoms with Crippen LogP contribution in [0, 0.1) is 5.92 Å². The summed E-state index contributed by atoms with van der Waals surface area (Å²) in [5.74, 6) is 0.409. The van der Waals surface area contributed by atoms with Gasteiger partial charge in [-0.1, -0.05) is 13.8 Å². The molecule has 0 spiro atoms. The van der Waals surface area contributed by atoms with E-state index in [2.05, 4.69) is 24.1 Å². The molecule has 114 valence electrons. The van der Waals surface area contributed by atoms with Gasteiger partial charge in [-0.3, -0.25) is 4.79 Å². The lowest BCUT2D eigenvalue weighted by atomic mass is 10.2. The largest absolute Gasteiger partial charge is 0.405 e. The van der Waals surface area contributed by atoms with Crippen LogP contribution in [0.3, 0.4) is 0 Å². The van der Waals surface area contributed by atoms with Crippen molar-refractivity contribution in [2.75, 3.05) is 13.1 Å². The van der Waals surface area contributed by atoms with E-state index >= 15 is 0 Å². The van der Waals surface area contributed by atoms with Crippen LogP contribution in [0.4, 0.5) is 13.2 Å². The van der Waals surface area contributed by atoms with E-state index in [1.807, 2.05) is 5.32 Å². The van der Waals surface area contributed by atoms with Gasteiger partial charge in [0, 0.05) is 12.4 Å². The molecule has 0 aliphatic heterocycles. The van der Waals surface area contributed by atoms with Crippen molar-refractivity contribution in [1.29, 1.82) is 0 Å². The van der Waals surface area contributed by atoms with Gasteiger partial charge in [-0.25, -0.2) is 4.98 Å². The van der Waals surface area contributed by atoms with Gasteiger partial charge in [-0.15, -0.1) is 0 Å². The number of alkyl halides is 3. The SMILES string of the molecule is CC(C)CNCc1nccn1CC(=O)NCC(F)(F)F. The summed E-state index contributed by atoms with van der Waals surface area (Å²) >= 11 is 0. The summed E-state index contributed by atoms with van der Waals surface area (Å²) in [7, 11) is 0. The Kier molecular flexibility index (Phi) is 6.00. The van der Waals surface area contributed by atoms with Crippen LogP contribution in [0.2, 0.25) is 0 Å². The molecule has 0 bridgehead atoms. The number of nitrogens with zero attached hydrogens (tertiary/aromatic N) is 2. The summed E-state index contributed by atoms with van der Waals surface area (Å²) in [6.07, 6.45) is -1.31. The highest BCUT2D eigenvalue weighted by molar-refractivity contribution is 5.75. The molecule has 0 fully saturated rings. The summed E-state index contributed by atoms with van der Waals surface area (Å²) in [4.78, 5) is 15.5. The maximum absolute atomic E-state index is 12.0. The average molecular weight is 292 g/mol.